The van der Waals surface area contributed by atoms with E-state index in [-0.39, 0.29) is 30.6 Å². The number of halogens is 5. The number of hydrogen-bond acceptors (Lipinski definition) is 3. The zero-order valence-corrected chi connectivity index (χ0v) is 13.4. The molecule has 23 heavy (non-hydrogen) atoms. The van der Waals surface area contributed by atoms with Crippen LogP contribution >= 0.6 is 12.4 Å². The van der Waals surface area contributed by atoms with Gasteiger partial charge in [0.1, 0.15) is 5.82 Å². The topological polar surface area (TPSA) is 35.5 Å². The first-order valence-corrected chi connectivity index (χ1v) is 7.35. The molecule has 1 saturated heterocycles. The van der Waals surface area contributed by atoms with Crippen molar-refractivity contribution in [2.24, 2.45) is 0 Å². The maximum absolute atomic E-state index is 14.2. The van der Waals surface area contributed by atoms with E-state index in [1.54, 1.807) is 0 Å². The van der Waals surface area contributed by atoms with Crippen LogP contribution in [0.3, 0.4) is 0 Å². The van der Waals surface area contributed by atoms with Crippen molar-refractivity contribution >= 4 is 12.4 Å². The monoisotopic (exact) mass is 356 g/mol. The first-order valence-electron chi connectivity index (χ1n) is 7.35. The first kappa shape index (κ1) is 20.2. The summed E-state index contributed by atoms with van der Waals surface area (Å²) in [4.78, 5) is 2.05. The van der Waals surface area contributed by atoms with Crippen molar-refractivity contribution in [3.05, 3.63) is 35.1 Å². The fraction of sp³-hybridized carbons (Fsp3) is 0.600. The molecule has 2 rings (SSSR count). The number of aliphatic hydroxyl groups excluding tert-OH is 1. The standard InChI is InChI=1S/C15H20F4N2O.ClH/c16-13-10-11(15(17,18)19)3-4-12(13)14(2-1-9-22)21-7-5-20-6-8-21;/h3-4,10,14,20,22H,1-2,5-9H2;1H/t14-;/m1./s1. The van der Waals surface area contributed by atoms with E-state index in [1.807, 2.05) is 0 Å². The molecule has 1 heterocycles. The van der Waals surface area contributed by atoms with Gasteiger partial charge in [0.25, 0.3) is 0 Å². The van der Waals surface area contributed by atoms with Gasteiger partial charge in [0.15, 0.2) is 0 Å². The molecule has 3 nitrogen and oxygen atoms in total. The molecule has 1 fully saturated rings. The van der Waals surface area contributed by atoms with Crippen molar-refractivity contribution in [2.45, 2.75) is 25.1 Å². The lowest BCUT2D eigenvalue weighted by Crippen LogP contribution is -2.45. The maximum Gasteiger partial charge on any atom is 0.416 e. The lowest BCUT2D eigenvalue weighted by atomic mass is 9.97. The highest BCUT2D eigenvalue weighted by molar-refractivity contribution is 5.85. The number of rotatable bonds is 5. The minimum atomic E-state index is -4.55. The van der Waals surface area contributed by atoms with Gasteiger partial charge in [0.2, 0.25) is 0 Å². The van der Waals surface area contributed by atoms with Crippen molar-refractivity contribution in [2.75, 3.05) is 32.8 Å². The van der Waals surface area contributed by atoms with E-state index in [2.05, 4.69) is 10.2 Å². The summed E-state index contributed by atoms with van der Waals surface area (Å²) in [5.41, 5.74) is -0.710. The molecule has 1 atom stereocenters. The Morgan fingerprint density at radius 1 is 1.22 bits per heavy atom. The van der Waals surface area contributed by atoms with Gasteiger partial charge in [-0.15, -0.1) is 12.4 Å². The van der Waals surface area contributed by atoms with Crippen molar-refractivity contribution in [1.29, 1.82) is 0 Å². The van der Waals surface area contributed by atoms with Crippen LogP contribution < -0.4 is 5.32 Å². The molecule has 0 amide bonds. The molecular formula is C15H21ClF4N2O. The van der Waals surface area contributed by atoms with E-state index in [0.29, 0.717) is 32.0 Å². The Kier molecular flexibility index (Phi) is 7.73. The minimum Gasteiger partial charge on any atom is -0.396 e. The van der Waals surface area contributed by atoms with Crippen LogP contribution in [-0.2, 0) is 6.18 Å². The Balaban J connectivity index is 0.00000264. The molecule has 1 aromatic carbocycles. The number of aliphatic hydroxyl groups is 1. The highest BCUT2D eigenvalue weighted by atomic mass is 35.5. The molecule has 132 valence electrons. The van der Waals surface area contributed by atoms with Crippen molar-refractivity contribution in [1.82, 2.24) is 10.2 Å². The summed E-state index contributed by atoms with van der Waals surface area (Å²) in [5, 5.41) is 12.2. The van der Waals surface area contributed by atoms with Gasteiger partial charge in [-0.3, -0.25) is 4.90 Å². The molecule has 0 saturated carbocycles. The number of hydrogen-bond donors (Lipinski definition) is 2. The third kappa shape index (κ3) is 5.31. The number of benzene rings is 1. The molecule has 0 aromatic heterocycles. The molecule has 0 bridgehead atoms. The molecule has 8 heteroatoms. The average Bonchev–Trinajstić information content (AvgIpc) is 2.49. The quantitative estimate of drug-likeness (QED) is 0.796. The van der Waals surface area contributed by atoms with Gasteiger partial charge < -0.3 is 10.4 Å². The van der Waals surface area contributed by atoms with Gasteiger partial charge >= 0.3 is 6.18 Å². The summed E-state index contributed by atoms with van der Waals surface area (Å²) in [7, 11) is 0. The third-order valence-corrected chi connectivity index (χ3v) is 3.91. The molecule has 1 aromatic rings. The van der Waals surface area contributed by atoms with E-state index in [9.17, 15) is 17.6 Å². The van der Waals surface area contributed by atoms with Gasteiger partial charge in [-0.05, 0) is 25.0 Å². The predicted octanol–water partition coefficient (Wildman–Crippen LogP) is 2.99. The number of alkyl halides is 3. The molecule has 2 N–H and O–H groups in total. The molecule has 0 aliphatic carbocycles. The minimum absolute atomic E-state index is 0. The third-order valence-electron chi connectivity index (χ3n) is 3.91. The summed E-state index contributed by atoms with van der Waals surface area (Å²) in [6.45, 7) is 2.91. The van der Waals surface area contributed by atoms with Crippen molar-refractivity contribution < 1.29 is 22.7 Å². The zero-order chi connectivity index (χ0) is 16.2. The molecule has 0 spiro atoms. The summed E-state index contributed by atoms with van der Waals surface area (Å²) in [6, 6.07) is 2.40. The highest BCUT2D eigenvalue weighted by Gasteiger charge is 2.32. The highest BCUT2D eigenvalue weighted by Crippen LogP contribution is 2.34. The number of nitrogens with one attached hydrogen (secondary N) is 1. The predicted molar refractivity (Wildman–Crippen MR) is 82.2 cm³/mol. The van der Waals surface area contributed by atoms with Gasteiger partial charge in [-0.1, -0.05) is 6.07 Å². The Morgan fingerprint density at radius 2 is 1.87 bits per heavy atom. The molecular weight excluding hydrogens is 336 g/mol. The number of piperazine rings is 1. The van der Waals surface area contributed by atoms with Crippen LogP contribution in [0.5, 0.6) is 0 Å². The van der Waals surface area contributed by atoms with Gasteiger partial charge in [-0.25, -0.2) is 4.39 Å². The second-order valence-electron chi connectivity index (χ2n) is 5.40. The van der Waals surface area contributed by atoms with Crippen molar-refractivity contribution in [3.8, 4) is 0 Å². The summed E-state index contributed by atoms with van der Waals surface area (Å²) < 4.78 is 52.1. The fourth-order valence-corrected chi connectivity index (χ4v) is 2.79. The maximum atomic E-state index is 14.2. The lowest BCUT2D eigenvalue weighted by Gasteiger charge is -2.35. The van der Waals surface area contributed by atoms with E-state index >= 15 is 0 Å². The summed E-state index contributed by atoms with van der Waals surface area (Å²) in [5.74, 6) is -0.837. The number of nitrogens with zero attached hydrogens (tertiary/aromatic N) is 1. The largest absolute Gasteiger partial charge is 0.416 e. The second kappa shape index (κ2) is 8.82. The Bertz CT molecular complexity index is 493. The van der Waals surface area contributed by atoms with Crippen LogP contribution in [0.15, 0.2) is 18.2 Å². The lowest BCUT2D eigenvalue weighted by molar-refractivity contribution is -0.137. The van der Waals surface area contributed by atoms with E-state index in [0.717, 1.165) is 19.2 Å². The first-order chi connectivity index (χ1) is 10.4. The van der Waals surface area contributed by atoms with Crippen LogP contribution in [0, 0.1) is 5.82 Å². The Morgan fingerprint density at radius 3 is 2.39 bits per heavy atom. The summed E-state index contributed by atoms with van der Waals surface area (Å²) >= 11 is 0. The van der Waals surface area contributed by atoms with Crippen LogP contribution in [0.25, 0.3) is 0 Å². The summed E-state index contributed by atoms with van der Waals surface area (Å²) in [6.07, 6.45) is -3.55. The SMILES string of the molecule is Cl.OCCC[C@H](c1ccc(C(F)(F)F)cc1F)N1CCNCC1. The van der Waals surface area contributed by atoms with Crippen LogP contribution in [0.4, 0.5) is 17.6 Å². The van der Waals surface area contributed by atoms with Crippen LogP contribution in [0.2, 0.25) is 0 Å². The zero-order valence-electron chi connectivity index (χ0n) is 12.6. The average molecular weight is 357 g/mol. The molecule has 1 aliphatic rings. The van der Waals surface area contributed by atoms with E-state index in [1.165, 1.54) is 6.07 Å². The fourth-order valence-electron chi connectivity index (χ4n) is 2.79. The molecule has 1 aliphatic heterocycles. The van der Waals surface area contributed by atoms with Gasteiger partial charge in [0, 0.05) is 44.4 Å². The molecule has 0 radical (unpaired) electrons. The van der Waals surface area contributed by atoms with E-state index < -0.39 is 17.6 Å². The normalized spacial score (nSPS) is 17.6. The smallest absolute Gasteiger partial charge is 0.396 e. The Hall–Kier alpha value is -0.890. The van der Waals surface area contributed by atoms with Gasteiger partial charge in [0.05, 0.1) is 5.56 Å². The van der Waals surface area contributed by atoms with Gasteiger partial charge in [-0.2, -0.15) is 13.2 Å². The Labute approximate surface area is 139 Å². The van der Waals surface area contributed by atoms with Crippen LogP contribution in [-0.4, -0.2) is 42.8 Å². The molecule has 0 unspecified atom stereocenters. The second-order valence-corrected chi connectivity index (χ2v) is 5.40. The van der Waals surface area contributed by atoms with Crippen molar-refractivity contribution in [3.63, 3.8) is 0 Å². The van der Waals surface area contributed by atoms with Crippen LogP contribution in [0.1, 0.15) is 30.0 Å². The van der Waals surface area contributed by atoms with E-state index in [4.69, 9.17) is 5.11 Å².